The quantitative estimate of drug-likeness (QED) is 0.909. The van der Waals surface area contributed by atoms with Gasteiger partial charge in [0.25, 0.3) is 0 Å². The van der Waals surface area contributed by atoms with Crippen LogP contribution in [0.4, 0.5) is 0 Å². The van der Waals surface area contributed by atoms with Gasteiger partial charge >= 0.3 is 5.97 Å². The monoisotopic (exact) mass is 266 g/mol. The molecule has 0 aromatic heterocycles. The van der Waals surface area contributed by atoms with Crippen molar-refractivity contribution in [2.75, 3.05) is 0 Å². The zero-order valence-corrected chi connectivity index (χ0v) is 11.0. The number of benzene rings is 1. The summed E-state index contributed by atoms with van der Waals surface area (Å²) in [5.41, 5.74) is 2.13. The first-order chi connectivity index (χ1) is 8.33. The van der Waals surface area contributed by atoms with Gasteiger partial charge in [0.15, 0.2) is 0 Å². The van der Waals surface area contributed by atoms with Gasteiger partial charge in [0.2, 0.25) is 9.84 Å². The Kier molecular flexibility index (Phi) is 3.02. The minimum atomic E-state index is -3.34. The number of carboxylic acids is 1. The van der Waals surface area contributed by atoms with Crippen LogP contribution in [0.5, 0.6) is 0 Å². The predicted molar refractivity (Wildman–Crippen MR) is 67.8 cm³/mol. The molecular weight excluding hydrogens is 252 g/mol. The molecule has 1 aliphatic rings. The van der Waals surface area contributed by atoms with E-state index < -0.39 is 21.7 Å². The van der Waals surface area contributed by atoms with E-state index in [-0.39, 0.29) is 4.90 Å². The number of fused-ring (bicyclic) bond motifs is 1. The highest BCUT2D eigenvalue weighted by Crippen LogP contribution is 2.36. The summed E-state index contributed by atoms with van der Waals surface area (Å²) in [7, 11) is -3.34. The fourth-order valence-corrected chi connectivity index (χ4v) is 3.76. The van der Waals surface area contributed by atoms with Crippen LogP contribution < -0.4 is 0 Å². The lowest BCUT2D eigenvalue weighted by Crippen LogP contribution is -2.13. The first kappa shape index (κ1) is 12.8. The van der Waals surface area contributed by atoms with Gasteiger partial charge in [-0.1, -0.05) is 19.1 Å². The second-order valence-electron chi connectivity index (χ2n) is 4.58. The largest absolute Gasteiger partial charge is 0.481 e. The van der Waals surface area contributed by atoms with Crippen molar-refractivity contribution in [3.63, 3.8) is 0 Å². The van der Waals surface area contributed by atoms with Crippen LogP contribution >= 0.6 is 0 Å². The van der Waals surface area contributed by atoms with Gasteiger partial charge in [0.05, 0.1) is 10.8 Å². The van der Waals surface area contributed by atoms with E-state index in [4.69, 9.17) is 5.11 Å². The minimum Gasteiger partial charge on any atom is -0.481 e. The Morgan fingerprint density at radius 2 is 2.06 bits per heavy atom. The smallest absolute Gasteiger partial charge is 0.306 e. The number of carbonyl (C=O) groups is 1. The maximum atomic E-state index is 11.8. The van der Waals surface area contributed by atoms with Crippen LogP contribution in [-0.4, -0.2) is 19.5 Å². The Bertz CT molecular complexity index is 641. The number of aliphatic carboxylic acids is 1. The number of rotatable bonds is 3. The molecule has 0 bridgehead atoms. The summed E-state index contributed by atoms with van der Waals surface area (Å²) in [4.78, 5) is 11.2. The van der Waals surface area contributed by atoms with Crippen molar-refractivity contribution in [2.24, 2.45) is 5.92 Å². The first-order valence-electron chi connectivity index (χ1n) is 5.61. The molecule has 96 valence electrons. The third-order valence-electron chi connectivity index (χ3n) is 3.09. The molecule has 0 saturated carbocycles. The summed E-state index contributed by atoms with van der Waals surface area (Å²) in [6.07, 6.45) is 0.333. The summed E-state index contributed by atoms with van der Waals surface area (Å²) >= 11 is 0. The van der Waals surface area contributed by atoms with Crippen LogP contribution in [0.15, 0.2) is 28.5 Å². The van der Waals surface area contributed by atoms with Gasteiger partial charge in [-0.05, 0) is 30.5 Å². The highest BCUT2D eigenvalue weighted by atomic mass is 32.2. The summed E-state index contributed by atoms with van der Waals surface area (Å²) in [6, 6.07) is 5.01. The topological polar surface area (TPSA) is 71.4 Å². The van der Waals surface area contributed by atoms with Crippen LogP contribution in [0.1, 0.15) is 25.0 Å². The molecule has 1 aromatic rings. The molecule has 2 rings (SSSR count). The molecule has 1 atom stereocenters. The molecule has 18 heavy (non-hydrogen) atoms. The van der Waals surface area contributed by atoms with Gasteiger partial charge < -0.3 is 5.11 Å². The molecule has 0 amide bonds. The molecule has 1 N–H and O–H groups in total. The normalized spacial score (nSPS) is 18.0. The summed E-state index contributed by atoms with van der Waals surface area (Å²) in [6.45, 7) is 3.35. The highest BCUT2D eigenvalue weighted by molar-refractivity contribution is 7.95. The molecule has 4 nitrogen and oxygen atoms in total. The lowest BCUT2D eigenvalue weighted by atomic mass is 9.94. The third-order valence-corrected chi connectivity index (χ3v) is 4.71. The van der Waals surface area contributed by atoms with Gasteiger partial charge in [-0.3, -0.25) is 4.79 Å². The molecule has 1 aliphatic heterocycles. The Hall–Kier alpha value is -1.62. The van der Waals surface area contributed by atoms with E-state index in [9.17, 15) is 13.2 Å². The van der Waals surface area contributed by atoms with Crippen molar-refractivity contribution in [3.05, 3.63) is 34.7 Å². The van der Waals surface area contributed by atoms with Gasteiger partial charge in [-0.2, -0.15) is 0 Å². The molecular formula is C13H14O4S. The van der Waals surface area contributed by atoms with Crippen molar-refractivity contribution in [3.8, 4) is 0 Å². The second-order valence-corrected chi connectivity index (χ2v) is 6.35. The van der Waals surface area contributed by atoms with Gasteiger partial charge in [-0.25, -0.2) is 8.42 Å². The fraction of sp³-hybridized carbons (Fsp3) is 0.308. The van der Waals surface area contributed by atoms with E-state index in [0.29, 0.717) is 17.6 Å². The first-order valence-corrected chi connectivity index (χ1v) is 7.16. The number of carboxylic acid groups (broad SMARTS) is 1. The van der Waals surface area contributed by atoms with Crippen molar-refractivity contribution >= 4 is 21.4 Å². The number of allylic oxidation sites excluding steroid dienone is 1. The summed E-state index contributed by atoms with van der Waals surface area (Å²) in [5, 5.41) is 10.2. The average Bonchev–Trinajstić information content (AvgIpc) is 2.50. The van der Waals surface area contributed by atoms with Crippen molar-refractivity contribution < 1.29 is 18.3 Å². The molecule has 5 heteroatoms. The molecule has 0 radical (unpaired) electrons. The Labute approximate surface area is 106 Å². The molecule has 0 saturated heterocycles. The van der Waals surface area contributed by atoms with Gasteiger partial charge in [-0.15, -0.1) is 0 Å². The van der Waals surface area contributed by atoms with Crippen LogP contribution in [-0.2, 0) is 21.1 Å². The lowest BCUT2D eigenvalue weighted by molar-refractivity contribution is -0.141. The van der Waals surface area contributed by atoms with E-state index >= 15 is 0 Å². The Morgan fingerprint density at radius 1 is 1.39 bits per heavy atom. The van der Waals surface area contributed by atoms with E-state index in [1.165, 1.54) is 5.41 Å². The van der Waals surface area contributed by atoms with Crippen molar-refractivity contribution in [1.29, 1.82) is 0 Å². The van der Waals surface area contributed by atoms with Crippen LogP contribution in [0.25, 0.3) is 5.57 Å². The minimum absolute atomic E-state index is 0.287. The molecule has 1 aromatic carbocycles. The number of hydrogen-bond donors (Lipinski definition) is 1. The van der Waals surface area contributed by atoms with E-state index in [0.717, 1.165) is 5.56 Å². The van der Waals surface area contributed by atoms with Gasteiger partial charge in [0, 0.05) is 11.0 Å². The maximum Gasteiger partial charge on any atom is 0.306 e. The summed E-state index contributed by atoms with van der Waals surface area (Å²) in [5.74, 6) is -1.41. The highest BCUT2D eigenvalue weighted by Gasteiger charge is 2.27. The van der Waals surface area contributed by atoms with Crippen LogP contribution in [0, 0.1) is 5.92 Å². The molecule has 1 unspecified atom stereocenters. The molecule has 1 heterocycles. The SMILES string of the molecule is CC1=CS(=O)(=O)c2cccc(CC(C)C(=O)O)c21. The zero-order valence-electron chi connectivity index (χ0n) is 10.2. The van der Waals surface area contributed by atoms with E-state index in [1.807, 2.05) is 0 Å². The van der Waals surface area contributed by atoms with Crippen molar-refractivity contribution in [1.82, 2.24) is 0 Å². The molecule has 0 spiro atoms. The van der Waals surface area contributed by atoms with Crippen molar-refractivity contribution in [2.45, 2.75) is 25.2 Å². The standard InChI is InChI=1S/C13H14O4S/c1-8(13(14)15)6-10-4-3-5-11-12(10)9(2)7-18(11,16)17/h3-5,7-8H,6H2,1-2H3,(H,14,15). The Balaban J connectivity index is 2.51. The van der Waals surface area contributed by atoms with Crippen LogP contribution in [0.2, 0.25) is 0 Å². The number of sulfone groups is 1. The number of hydrogen-bond acceptors (Lipinski definition) is 3. The zero-order chi connectivity index (χ0) is 13.5. The fourth-order valence-electron chi connectivity index (χ4n) is 2.20. The average molecular weight is 266 g/mol. The maximum absolute atomic E-state index is 11.8. The molecule has 0 aliphatic carbocycles. The second kappa shape index (κ2) is 4.24. The van der Waals surface area contributed by atoms with Crippen LogP contribution in [0.3, 0.4) is 0 Å². The van der Waals surface area contributed by atoms with E-state index in [2.05, 4.69) is 0 Å². The lowest BCUT2D eigenvalue weighted by Gasteiger charge is -2.11. The molecule has 0 fully saturated rings. The van der Waals surface area contributed by atoms with Gasteiger partial charge in [0.1, 0.15) is 0 Å². The van der Waals surface area contributed by atoms with E-state index in [1.54, 1.807) is 32.0 Å². The summed E-state index contributed by atoms with van der Waals surface area (Å²) < 4.78 is 23.7. The Morgan fingerprint density at radius 3 is 2.67 bits per heavy atom. The third kappa shape index (κ3) is 2.06. The predicted octanol–water partition coefficient (Wildman–Crippen LogP) is 2.10.